The van der Waals surface area contributed by atoms with Crippen LogP contribution in [0.2, 0.25) is 0 Å². The zero-order valence-electron chi connectivity index (χ0n) is 14.0. The Balaban J connectivity index is 1.99. The van der Waals surface area contributed by atoms with Crippen LogP contribution in [0.15, 0.2) is 48.5 Å². The van der Waals surface area contributed by atoms with Gasteiger partial charge < -0.3 is 15.4 Å². The van der Waals surface area contributed by atoms with Crippen LogP contribution in [-0.4, -0.2) is 12.3 Å². The monoisotopic (exact) mass is 323 g/mol. The summed E-state index contributed by atoms with van der Waals surface area (Å²) in [6.07, 6.45) is -0.515. The largest absolute Gasteiger partial charge is 0.471 e. The number of benzene rings is 2. The van der Waals surface area contributed by atoms with Gasteiger partial charge >= 0.3 is 6.03 Å². The summed E-state index contributed by atoms with van der Waals surface area (Å²) in [4.78, 5) is 12.1. The molecule has 2 amide bonds. The molecule has 1 atom stereocenters. The smallest absolute Gasteiger partial charge is 0.322 e. The molecule has 0 radical (unpaired) electrons. The van der Waals surface area contributed by atoms with Gasteiger partial charge in [-0.1, -0.05) is 44.2 Å². The van der Waals surface area contributed by atoms with Crippen molar-refractivity contribution in [2.24, 2.45) is 0 Å². The van der Waals surface area contributed by atoms with Crippen LogP contribution in [0, 0.1) is 11.3 Å². The summed E-state index contributed by atoms with van der Waals surface area (Å²) < 4.78 is 5.83. The van der Waals surface area contributed by atoms with Gasteiger partial charge in [0.1, 0.15) is 11.8 Å². The molecular formula is C19H21N3O2. The van der Waals surface area contributed by atoms with Gasteiger partial charge in [0.2, 0.25) is 0 Å². The van der Waals surface area contributed by atoms with E-state index < -0.39 is 12.3 Å². The standard InChI is InChI=1S/C19H21N3O2/c1-13(2)16-9-5-7-11-18(16)24-14(3)21-19(23)22-17-10-6-4-8-15(17)12-20/h4-11,13-14H,1-3H3,(H2,21,22,23). The van der Waals surface area contributed by atoms with E-state index in [-0.39, 0.29) is 0 Å². The SMILES string of the molecule is CC(NC(=O)Nc1ccccc1C#N)Oc1ccccc1C(C)C. The first-order valence-electron chi connectivity index (χ1n) is 7.83. The normalized spacial score (nSPS) is 11.5. The van der Waals surface area contributed by atoms with E-state index in [0.29, 0.717) is 17.2 Å². The predicted octanol–water partition coefficient (Wildman–Crippen LogP) is 4.23. The Morgan fingerprint density at radius 1 is 1.08 bits per heavy atom. The summed E-state index contributed by atoms with van der Waals surface area (Å²) in [5.41, 5.74) is 1.96. The van der Waals surface area contributed by atoms with Crippen LogP contribution in [0.4, 0.5) is 10.5 Å². The lowest BCUT2D eigenvalue weighted by Crippen LogP contribution is -2.39. The molecule has 0 fully saturated rings. The molecule has 2 aromatic rings. The minimum absolute atomic E-state index is 0.324. The first-order chi connectivity index (χ1) is 11.5. The highest BCUT2D eigenvalue weighted by Gasteiger charge is 2.13. The highest BCUT2D eigenvalue weighted by Crippen LogP contribution is 2.26. The Morgan fingerprint density at radius 2 is 1.75 bits per heavy atom. The molecule has 1 unspecified atom stereocenters. The number of hydrogen-bond acceptors (Lipinski definition) is 3. The van der Waals surface area contributed by atoms with Gasteiger partial charge in [-0.25, -0.2) is 4.79 Å². The fourth-order valence-corrected chi connectivity index (χ4v) is 2.32. The van der Waals surface area contributed by atoms with Crippen LogP contribution in [0.25, 0.3) is 0 Å². The van der Waals surface area contributed by atoms with Crippen LogP contribution < -0.4 is 15.4 Å². The molecule has 5 heteroatoms. The highest BCUT2D eigenvalue weighted by atomic mass is 16.5. The van der Waals surface area contributed by atoms with Crippen LogP contribution in [0.5, 0.6) is 5.75 Å². The van der Waals surface area contributed by atoms with Crippen LogP contribution >= 0.6 is 0 Å². The van der Waals surface area contributed by atoms with E-state index in [0.717, 1.165) is 11.3 Å². The Kier molecular flexibility index (Phi) is 5.80. The maximum absolute atomic E-state index is 12.1. The third kappa shape index (κ3) is 4.50. The average molecular weight is 323 g/mol. The third-order valence-corrected chi connectivity index (χ3v) is 3.47. The molecule has 0 bridgehead atoms. The molecule has 0 saturated carbocycles. The van der Waals surface area contributed by atoms with Gasteiger partial charge in [-0.3, -0.25) is 0 Å². The number of carbonyl (C=O) groups is 1. The number of ether oxygens (including phenoxy) is 1. The second-order valence-corrected chi connectivity index (χ2v) is 5.71. The summed E-state index contributed by atoms with van der Waals surface area (Å²) >= 11 is 0. The maximum Gasteiger partial charge on any atom is 0.322 e. The number of urea groups is 1. The molecule has 5 nitrogen and oxygen atoms in total. The minimum Gasteiger partial charge on any atom is -0.471 e. The molecule has 2 rings (SSSR count). The molecule has 0 spiro atoms. The quantitative estimate of drug-likeness (QED) is 0.809. The lowest BCUT2D eigenvalue weighted by Gasteiger charge is -2.20. The van der Waals surface area contributed by atoms with Crippen molar-refractivity contribution in [1.82, 2.24) is 5.32 Å². The number of anilines is 1. The van der Waals surface area contributed by atoms with Gasteiger partial charge in [0, 0.05) is 0 Å². The molecular weight excluding hydrogens is 302 g/mol. The van der Waals surface area contributed by atoms with Gasteiger partial charge in [-0.15, -0.1) is 0 Å². The van der Waals surface area contributed by atoms with E-state index in [2.05, 4.69) is 24.5 Å². The van der Waals surface area contributed by atoms with Crippen LogP contribution in [0.1, 0.15) is 37.8 Å². The molecule has 0 heterocycles. The molecule has 2 aromatic carbocycles. The number of amides is 2. The summed E-state index contributed by atoms with van der Waals surface area (Å²) in [5.74, 6) is 1.07. The Bertz CT molecular complexity index is 750. The molecule has 124 valence electrons. The van der Waals surface area contributed by atoms with E-state index in [9.17, 15) is 4.79 Å². The van der Waals surface area contributed by atoms with Crippen molar-refractivity contribution >= 4 is 11.7 Å². The van der Waals surface area contributed by atoms with Crippen molar-refractivity contribution in [3.05, 3.63) is 59.7 Å². The van der Waals surface area contributed by atoms with Crippen molar-refractivity contribution in [2.75, 3.05) is 5.32 Å². The van der Waals surface area contributed by atoms with Gasteiger partial charge in [0.05, 0.1) is 11.3 Å². The average Bonchev–Trinajstić information content (AvgIpc) is 2.55. The Morgan fingerprint density at radius 3 is 2.46 bits per heavy atom. The first-order valence-corrected chi connectivity index (χ1v) is 7.83. The van der Waals surface area contributed by atoms with Crippen molar-refractivity contribution in [3.8, 4) is 11.8 Å². The summed E-state index contributed by atoms with van der Waals surface area (Å²) in [7, 11) is 0. The summed E-state index contributed by atoms with van der Waals surface area (Å²) in [6.45, 7) is 5.94. The third-order valence-electron chi connectivity index (χ3n) is 3.47. The number of carbonyl (C=O) groups excluding carboxylic acids is 1. The fraction of sp³-hybridized carbons (Fsp3) is 0.263. The Labute approximate surface area is 142 Å². The molecule has 0 aliphatic heterocycles. The number of nitrogens with zero attached hydrogens (tertiary/aromatic N) is 1. The highest BCUT2D eigenvalue weighted by molar-refractivity contribution is 5.90. The second kappa shape index (κ2) is 8.02. The first kappa shape index (κ1) is 17.4. The maximum atomic E-state index is 12.1. The number of nitriles is 1. The van der Waals surface area contributed by atoms with Gasteiger partial charge in [0.15, 0.2) is 6.23 Å². The zero-order valence-corrected chi connectivity index (χ0v) is 14.0. The van der Waals surface area contributed by atoms with E-state index >= 15 is 0 Å². The molecule has 0 saturated heterocycles. The number of hydrogen-bond donors (Lipinski definition) is 2. The van der Waals surface area contributed by atoms with E-state index in [1.54, 1.807) is 31.2 Å². The van der Waals surface area contributed by atoms with Gasteiger partial charge in [0.25, 0.3) is 0 Å². The molecule has 0 aromatic heterocycles. The van der Waals surface area contributed by atoms with Crippen LogP contribution in [-0.2, 0) is 0 Å². The molecule has 24 heavy (non-hydrogen) atoms. The van der Waals surface area contributed by atoms with E-state index in [4.69, 9.17) is 10.00 Å². The second-order valence-electron chi connectivity index (χ2n) is 5.71. The molecule has 2 N–H and O–H groups in total. The fourth-order valence-electron chi connectivity index (χ4n) is 2.32. The Hall–Kier alpha value is -3.00. The number of rotatable bonds is 5. The van der Waals surface area contributed by atoms with Gasteiger partial charge in [-0.05, 0) is 36.6 Å². The van der Waals surface area contributed by atoms with Crippen molar-refractivity contribution in [1.29, 1.82) is 5.26 Å². The molecule has 0 aliphatic carbocycles. The lowest BCUT2D eigenvalue weighted by molar-refractivity contribution is 0.181. The van der Waals surface area contributed by atoms with Crippen LogP contribution in [0.3, 0.4) is 0 Å². The van der Waals surface area contributed by atoms with E-state index in [1.807, 2.05) is 30.3 Å². The van der Waals surface area contributed by atoms with Gasteiger partial charge in [-0.2, -0.15) is 5.26 Å². The summed E-state index contributed by atoms with van der Waals surface area (Å²) in [6, 6.07) is 16.2. The number of nitrogens with one attached hydrogen (secondary N) is 2. The summed E-state index contributed by atoms with van der Waals surface area (Å²) in [5, 5.41) is 14.4. The predicted molar refractivity (Wildman–Crippen MR) is 93.9 cm³/mol. The number of para-hydroxylation sites is 2. The van der Waals surface area contributed by atoms with Crippen molar-refractivity contribution in [2.45, 2.75) is 32.9 Å². The molecule has 0 aliphatic rings. The van der Waals surface area contributed by atoms with E-state index in [1.165, 1.54) is 0 Å². The minimum atomic E-state index is -0.515. The lowest BCUT2D eigenvalue weighted by atomic mass is 10.0. The van der Waals surface area contributed by atoms with Crippen molar-refractivity contribution < 1.29 is 9.53 Å². The topological polar surface area (TPSA) is 74.2 Å². The zero-order chi connectivity index (χ0) is 17.5. The van der Waals surface area contributed by atoms with Crippen molar-refractivity contribution in [3.63, 3.8) is 0 Å².